The minimum Gasteiger partial charge on any atom is -0.466 e. The first kappa shape index (κ1) is 82.6. The maximum Gasteiger partial charge on any atom is 0.519 e. The lowest BCUT2D eigenvalue weighted by molar-refractivity contribution is -0.191. The molecule has 4 saturated carbocycles. The Labute approximate surface area is 598 Å². The van der Waals surface area contributed by atoms with E-state index in [0.29, 0.717) is 37.4 Å². The number of carbonyl (C=O) groups is 4. The number of aliphatic hydroxyl groups is 3. The number of carbonyl (C=O) groups excluding carboxylic acids is 6. The molecule has 1 amide bonds. The van der Waals surface area contributed by atoms with Gasteiger partial charge in [-0.2, -0.15) is 9.59 Å². The first-order chi connectivity index (χ1) is 48.0. The van der Waals surface area contributed by atoms with Gasteiger partial charge in [-0.1, -0.05) is 159 Å². The van der Waals surface area contributed by atoms with Crippen LogP contribution < -0.4 is 0 Å². The predicted molar refractivity (Wildman–Crippen MR) is 382 cm³/mol. The van der Waals surface area contributed by atoms with Crippen molar-refractivity contribution in [2.45, 2.75) is 214 Å². The number of esters is 1. The number of hydrogen-bond donors (Lipinski definition) is 3. The molecule has 0 radical (unpaired) electrons. The molecule has 5 aromatic rings. The van der Waals surface area contributed by atoms with Crippen molar-refractivity contribution in [1.82, 2.24) is 9.80 Å². The van der Waals surface area contributed by atoms with E-state index in [0.717, 1.165) is 83.4 Å². The highest BCUT2D eigenvalue weighted by molar-refractivity contribution is 5.78. The average Bonchev–Trinajstić information content (AvgIpc) is 0.810. The lowest BCUT2D eigenvalue weighted by atomic mass is 9.61. The van der Waals surface area contributed by atoms with Gasteiger partial charge in [0.15, 0.2) is 0 Å². The van der Waals surface area contributed by atoms with Gasteiger partial charge in [-0.15, -0.1) is 0 Å². The smallest absolute Gasteiger partial charge is 0.466 e. The van der Waals surface area contributed by atoms with Gasteiger partial charge in [0.25, 0.3) is 0 Å². The number of aliphatic hydroxyl groups excluding tert-OH is 3. The van der Waals surface area contributed by atoms with E-state index in [1.54, 1.807) is 46.4 Å². The van der Waals surface area contributed by atoms with Crippen LogP contribution >= 0.6 is 0 Å². The monoisotopic (exact) mass is 1400 g/mol. The molecular weight excluding hydrogens is 1290 g/mol. The summed E-state index contributed by atoms with van der Waals surface area (Å²) in [6.45, 7) is 27.9. The number of amides is 1. The highest BCUT2D eigenvalue weighted by atomic mass is 16.8. The summed E-state index contributed by atoms with van der Waals surface area (Å²) in [4.78, 5) is 66.1. The molecule has 101 heavy (non-hydrogen) atoms. The SMILES string of the molecule is C1CCOC1.CC(C)(C)OC(=O)N1CC2(CC(O)C2)C1.CC(C)(C)OC(=O)OC(=O)OC(C)(C)C.CCOC(=O)C1(CC)CC(OCc2ccccc2)C1.O=C=O.OCC1(CO)CC(OCc2ccccc2)C1.c1ccc(COC2CC3(C2)CN(C(c2ccccc2)c2ccccc2)C3)cc1. The molecule has 7 aliphatic rings. The highest BCUT2D eigenvalue weighted by Crippen LogP contribution is 2.53. The van der Waals surface area contributed by atoms with Crippen LogP contribution in [-0.4, -0.2) is 156 Å². The maximum atomic E-state index is 11.9. The van der Waals surface area contributed by atoms with Crippen LogP contribution in [-0.2, 0) is 76.8 Å². The molecule has 3 aliphatic heterocycles. The van der Waals surface area contributed by atoms with E-state index >= 15 is 0 Å². The number of nitrogens with zero attached hydrogens (tertiary/aromatic N) is 2. The van der Waals surface area contributed by atoms with Gasteiger partial charge in [0.1, 0.15) is 16.8 Å². The van der Waals surface area contributed by atoms with Crippen LogP contribution in [0, 0.1) is 21.7 Å². The van der Waals surface area contributed by atoms with Crippen LogP contribution in [0.25, 0.3) is 0 Å². The Morgan fingerprint density at radius 2 is 0.871 bits per heavy atom. The highest BCUT2D eigenvalue weighted by Gasteiger charge is 2.56. The third-order valence-electron chi connectivity index (χ3n) is 18.4. The zero-order valence-corrected chi connectivity index (χ0v) is 61.4. The number of rotatable bonds is 17. The Morgan fingerprint density at radius 1 is 0.515 bits per heavy atom. The molecule has 4 aliphatic carbocycles. The van der Waals surface area contributed by atoms with Crippen molar-refractivity contribution in [3.8, 4) is 0 Å². The molecule has 3 saturated heterocycles. The molecule has 0 bridgehead atoms. The Hall–Kier alpha value is -7.36. The molecule has 0 unspecified atom stereocenters. The molecule has 12 rings (SSSR count). The number of hydrogen-bond acceptors (Lipinski definition) is 19. The number of benzene rings is 5. The number of likely N-dealkylation sites (tertiary alicyclic amines) is 2. The second-order valence-electron chi connectivity index (χ2n) is 30.6. The standard InChI is InChI=1S/C26H27NO.C16H22O3.C13H18O3.C11H19NO3.C10H18O5.C4H8O.CO2/c1-4-10-21(11-5-1)18-28-24-16-26(17-24)19-27(20-26)25(22-12-6-2-7-13-22)23-14-8-3-9-15-23;1-3-16(15(17)18-4-2)10-14(11-16)19-12-13-8-6-5-7-9-13;14-9-13(10-15)6-12(7-13)16-8-11-4-2-1-3-5-11;1-10(2,3)15-9(14)12-6-11(7-12)4-8(13)5-11;1-9(2,3)14-7(11)13-8(12)15-10(4,5)6;1-2-4-5-3-1;2-1-3/h1-15,24-25H,16-20H2;5-9,14H,3-4,10-12H2,1-2H3;1-5,12,14-15H,6-10H2;8,13H,4-7H2,1-3H3;1-6H3;1-4H2;. The van der Waals surface area contributed by atoms with Gasteiger partial charge in [0.05, 0.1) is 75.5 Å². The molecule has 20 nitrogen and oxygen atoms in total. The second-order valence-corrected chi connectivity index (χ2v) is 30.6. The van der Waals surface area contributed by atoms with Crippen LogP contribution in [0.5, 0.6) is 0 Å². The van der Waals surface area contributed by atoms with Crippen LogP contribution in [0.2, 0.25) is 0 Å². The molecule has 0 atom stereocenters. The minimum absolute atomic E-state index is 0.0503. The molecule has 0 aromatic heterocycles. The molecule has 5 aromatic carbocycles. The van der Waals surface area contributed by atoms with E-state index in [1.165, 1.54) is 61.0 Å². The molecule has 3 heterocycles. The fourth-order valence-corrected chi connectivity index (χ4v) is 13.2. The first-order valence-electron chi connectivity index (χ1n) is 35.6. The van der Waals surface area contributed by atoms with Crippen molar-refractivity contribution < 1.29 is 86.7 Å². The van der Waals surface area contributed by atoms with E-state index in [9.17, 15) is 24.3 Å². The van der Waals surface area contributed by atoms with Crippen molar-refractivity contribution >= 4 is 30.5 Å². The lowest BCUT2D eigenvalue weighted by Gasteiger charge is -2.60. The summed E-state index contributed by atoms with van der Waals surface area (Å²) in [7, 11) is 0. The van der Waals surface area contributed by atoms with Crippen molar-refractivity contribution in [3.63, 3.8) is 0 Å². The summed E-state index contributed by atoms with van der Waals surface area (Å²) >= 11 is 0. The summed E-state index contributed by atoms with van der Waals surface area (Å²) in [6.07, 6.45) is 9.10. The predicted octanol–water partition coefficient (Wildman–Crippen LogP) is 14.6. The molecule has 554 valence electrons. The van der Waals surface area contributed by atoms with Crippen molar-refractivity contribution in [2.24, 2.45) is 21.7 Å². The van der Waals surface area contributed by atoms with Crippen LogP contribution in [0.3, 0.4) is 0 Å². The summed E-state index contributed by atoms with van der Waals surface area (Å²) in [6, 6.07) is 52.8. The van der Waals surface area contributed by atoms with Gasteiger partial charge in [0, 0.05) is 55.6 Å². The molecular formula is C81H112N2O18. The quantitative estimate of drug-likeness (QED) is 0.0444. The minimum atomic E-state index is -1.06. The first-order valence-corrected chi connectivity index (χ1v) is 35.6. The topological polar surface area (TPSA) is 253 Å². The summed E-state index contributed by atoms with van der Waals surface area (Å²) in [5.41, 5.74) is 4.68. The summed E-state index contributed by atoms with van der Waals surface area (Å²) in [5, 5.41) is 27.5. The third-order valence-corrected chi connectivity index (χ3v) is 18.4. The fourth-order valence-electron chi connectivity index (χ4n) is 13.2. The van der Waals surface area contributed by atoms with E-state index in [-0.39, 0.29) is 66.0 Å². The van der Waals surface area contributed by atoms with Gasteiger partial charge < -0.3 is 62.9 Å². The molecule has 20 heteroatoms. The largest absolute Gasteiger partial charge is 0.519 e. The van der Waals surface area contributed by atoms with E-state index in [2.05, 4.69) is 113 Å². The third kappa shape index (κ3) is 27.7. The van der Waals surface area contributed by atoms with E-state index in [4.69, 9.17) is 57.7 Å². The lowest BCUT2D eigenvalue weighted by Crippen LogP contribution is -2.65. The summed E-state index contributed by atoms with van der Waals surface area (Å²) < 4.78 is 46.8. The average molecular weight is 1400 g/mol. The fraction of sp³-hybridized carbons (Fsp3) is 0.568. The Kier molecular flexibility index (Phi) is 32.2. The van der Waals surface area contributed by atoms with Crippen LogP contribution in [0.4, 0.5) is 14.4 Å². The second kappa shape index (κ2) is 39.3. The van der Waals surface area contributed by atoms with Gasteiger partial charge >= 0.3 is 30.5 Å². The zero-order chi connectivity index (χ0) is 73.7. The number of ether oxygens (including phenoxy) is 9. The summed E-state index contributed by atoms with van der Waals surface area (Å²) in [5.74, 6) is -0.0583. The zero-order valence-electron chi connectivity index (χ0n) is 61.4. The molecule has 2 spiro atoms. The Bertz CT molecular complexity index is 3150. The Morgan fingerprint density at radius 3 is 1.20 bits per heavy atom. The van der Waals surface area contributed by atoms with Crippen LogP contribution in [0.15, 0.2) is 152 Å². The van der Waals surface area contributed by atoms with Gasteiger partial charge in [-0.3, -0.25) is 9.69 Å². The van der Waals surface area contributed by atoms with Gasteiger partial charge in [-0.25, -0.2) is 14.4 Å². The van der Waals surface area contributed by atoms with E-state index in [1.807, 2.05) is 83.1 Å². The van der Waals surface area contributed by atoms with Crippen molar-refractivity contribution in [2.75, 3.05) is 59.2 Å². The normalized spacial score (nSPS) is 19.8. The van der Waals surface area contributed by atoms with Crippen molar-refractivity contribution in [3.05, 3.63) is 179 Å². The van der Waals surface area contributed by atoms with Gasteiger partial charge in [0.2, 0.25) is 0 Å². The van der Waals surface area contributed by atoms with E-state index < -0.39 is 29.1 Å². The van der Waals surface area contributed by atoms with Crippen molar-refractivity contribution in [1.29, 1.82) is 0 Å². The van der Waals surface area contributed by atoms with Gasteiger partial charge in [-0.05, 0) is 168 Å². The molecule has 3 N–H and O–H groups in total. The Balaban J connectivity index is 0.000000197. The van der Waals surface area contributed by atoms with Crippen LogP contribution in [0.1, 0.15) is 181 Å². The molecule has 7 fully saturated rings. The maximum absolute atomic E-state index is 11.9.